The standard InChI is InChI=1S/C13H13NO4/c1-8(13(16)17-3)9-4-5-11-10(6-9)14(2)12(15)7-18-11/h4-6H,1,7H2,2-3H3. The number of anilines is 1. The molecule has 2 rings (SSSR count). The molecule has 0 spiro atoms. The first-order valence-corrected chi connectivity index (χ1v) is 5.35. The fourth-order valence-electron chi connectivity index (χ4n) is 1.70. The van der Waals surface area contributed by atoms with Crippen LogP contribution in [0.5, 0.6) is 5.75 Å². The van der Waals surface area contributed by atoms with Gasteiger partial charge in [0.15, 0.2) is 6.61 Å². The molecule has 0 fully saturated rings. The molecule has 5 nitrogen and oxygen atoms in total. The van der Waals surface area contributed by atoms with Gasteiger partial charge in [0.1, 0.15) is 5.75 Å². The van der Waals surface area contributed by atoms with Gasteiger partial charge in [-0.1, -0.05) is 12.6 Å². The number of carbonyl (C=O) groups is 2. The van der Waals surface area contributed by atoms with Gasteiger partial charge in [-0.3, -0.25) is 4.79 Å². The monoisotopic (exact) mass is 247 g/mol. The Balaban J connectivity index is 2.40. The van der Waals surface area contributed by atoms with Gasteiger partial charge in [-0.25, -0.2) is 4.79 Å². The van der Waals surface area contributed by atoms with Crippen molar-refractivity contribution in [3.63, 3.8) is 0 Å². The van der Waals surface area contributed by atoms with E-state index in [1.54, 1.807) is 25.2 Å². The summed E-state index contributed by atoms with van der Waals surface area (Å²) in [6, 6.07) is 5.11. The number of methoxy groups -OCH3 is 1. The zero-order valence-electron chi connectivity index (χ0n) is 10.2. The van der Waals surface area contributed by atoms with Gasteiger partial charge in [0.05, 0.1) is 18.4 Å². The molecule has 1 heterocycles. The summed E-state index contributed by atoms with van der Waals surface area (Å²) < 4.78 is 9.90. The zero-order valence-corrected chi connectivity index (χ0v) is 10.2. The molecule has 0 unspecified atom stereocenters. The van der Waals surface area contributed by atoms with Gasteiger partial charge in [-0.2, -0.15) is 0 Å². The van der Waals surface area contributed by atoms with Gasteiger partial charge < -0.3 is 14.4 Å². The number of rotatable bonds is 2. The van der Waals surface area contributed by atoms with Gasteiger partial charge >= 0.3 is 5.97 Å². The average molecular weight is 247 g/mol. The number of benzene rings is 1. The lowest BCUT2D eigenvalue weighted by atomic mass is 10.1. The second-order valence-electron chi connectivity index (χ2n) is 3.89. The third-order valence-electron chi connectivity index (χ3n) is 2.83. The number of fused-ring (bicyclic) bond motifs is 1. The van der Waals surface area contributed by atoms with Gasteiger partial charge in [-0.15, -0.1) is 0 Å². The van der Waals surface area contributed by atoms with E-state index < -0.39 is 5.97 Å². The van der Waals surface area contributed by atoms with Gasteiger partial charge in [0.25, 0.3) is 5.91 Å². The number of esters is 1. The Morgan fingerprint density at radius 2 is 2.22 bits per heavy atom. The number of carbonyl (C=O) groups excluding carboxylic acids is 2. The Morgan fingerprint density at radius 1 is 1.50 bits per heavy atom. The van der Waals surface area contributed by atoms with Crippen molar-refractivity contribution in [2.45, 2.75) is 0 Å². The molecule has 0 atom stereocenters. The number of amides is 1. The predicted molar refractivity (Wildman–Crippen MR) is 66.4 cm³/mol. The molecule has 5 heteroatoms. The summed E-state index contributed by atoms with van der Waals surface area (Å²) in [5.74, 6) is -0.0255. The van der Waals surface area contributed by atoms with Crippen molar-refractivity contribution < 1.29 is 19.1 Å². The van der Waals surface area contributed by atoms with Crippen molar-refractivity contribution in [1.29, 1.82) is 0 Å². The Morgan fingerprint density at radius 3 is 2.89 bits per heavy atom. The number of nitrogens with zero attached hydrogens (tertiary/aromatic N) is 1. The second kappa shape index (κ2) is 4.52. The predicted octanol–water partition coefficient (Wildman–Crippen LogP) is 1.23. The van der Waals surface area contributed by atoms with Crippen molar-refractivity contribution in [2.75, 3.05) is 25.7 Å². The smallest absolute Gasteiger partial charge is 0.337 e. The normalized spacial score (nSPS) is 13.7. The quantitative estimate of drug-likeness (QED) is 0.582. The van der Waals surface area contributed by atoms with Crippen LogP contribution in [0, 0.1) is 0 Å². The van der Waals surface area contributed by atoms with Crippen molar-refractivity contribution in [3.8, 4) is 5.75 Å². The zero-order chi connectivity index (χ0) is 13.3. The van der Waals surface area contributed by atoms with Crippen molar-refractivity contribution >= 4 is 23.1 Å². The first kappa shape index (κ1) is 12.2. The van der Waals surface area contributed by atoms with E-state index in [9.17, 15) is 9.59 Å². The molecule has 94 valence electrons. The van der Waals surface area contributed by atoms with Crippen LogP contribution in [0.2, 0.25) is 0 Å². The molecule has 0 saturated heterocycles. The summed E-state index contributed by atoms with van der Waals surface area (Å²) >= 11 is 0. The summed E-state index contributed by atoms with van der Waals surface area (Å²) in [5.41, 5.74) is 1.46. The molecule has 0 aliphatic carbocycles. The summed E-state index contributed by atoms with van der Waals surface area (Å²) in [7, 11) is 2.96. The second-order valence-corrected chi connectivity index (χ2v) is 3.89. The van der Waals surface area contributed by atoms with Crippen LogP contribution in [0.3, 0.4) is 0 Å². The molecule has 0 aromatic heterocycles. The average Bonchev–Trinajstić information content (AvgIpc) is 2.41. The Kier molecular flexibility index (Phi) is 3.06. The molecule has 0 N–H and O–H groups in total. The van der Waals surface area contributed by atoms with E-state index in [-0.39, 0.29) is 18.1 Å². The molecule has 1 aliphatic rings. The summed E-state index contributed by atoms with van der Waals surface area (Å²) in [4.78, 5) is 24.4. The summed E-state index contributed by atoms with van der Waals surface area (Å²) in [6.45, 7) is 3.70. The summed E-state index contributed by atoms with van der Waals surface area (Å²) in [6.07, 6.45) is 0. The molecule has 0 saturated carbocycles. The number of hydrogen-bond acceptors (Lipinski definition) is 4. The lowest BCUT2D eigenvalue weighted by molar-refractivity contribution is -0.133. The SMILES string of the molecule is C=C(C(=O)OC)c1ccc2c(c1)N(C)C(=O)CO2. The number of hydrogen-bond donors (Lipinski definition) is 0. The third-order valence-corrected chi connectivity index (χ3v) is 2.83. The van der Waals surface area contributed by atoms with E-state index in [4.69, 9.17) is 4.74 Å². The fraction of sp³-hybridized carbons (Fsp3) is 0.231. The van der Waals surface area contributed by atoms with E-state index in [0.29, 0.717) is 17.0 Å². The van der Waals surface area contributed by atoms with Crippen LogP contribution in [-0.2, 0) is 14.3 Å². The molecule has 0 bridgehead atoms. The molecule has 1 aromatic carbocycles. The van der Waals surface area contributed by atoms with Crippen molar-refractivity contribution in [3.05, 3.63) is 30.3 Å². The van der Waals surface area contributed by atoms with Crippen LogP contribution in [0.1, 0.15) is 5.56 Å². The van der Waals surface area contributed by atoms with Crippen LogP contribution < -0.4 is 9.64 Å². The van der Waals surface area contributed by atoms with E-state index in [1.165, 1.54) is 12.0 Å². The lowest BCUT2D eigenvalue weighted by Gasteiger charge is -2.26. The molecule has 18 heavy (non-hydrogen) atoms. The van der Waals surface area contributed by atoms with E-state index in [0.717, 1.165) is 0 Å². The Hall–Kier alpha value is -2.30. The maximum atomic E-state index is 11.5. The van der Waals surface area contributed by atoms with E-state index in [1.807, 2.05) is 0 Å². The molecule has 1 amide bonds. The first-order chi connectivity index (χ1) is 8.54. The largest absolute Gasteiger partial charge is 0.482 e. The molecule has 1 aliphatic heterocycles. The van der Waals surface area contributed by atoms with Crippen LogP contribution >= 0.6 is 0 Å². The highest BCUT2D eigenvalue weighted by molar-refractivity contribution is 6.16. The van der Waals surface area contributed by atoms with Crippen LogP contribution in [0.25, 0.3) is 5.57 Å². The fourth-order valence-corrected chi connectivity index (χ4v) is 1.70. The lowest BCUT2D eigenvalue weighted by Crippen LogP contribution is -2.35. The van der Waals surface area contributed by atoms with Gasteiger partial charge in [0, 0.05) is 7.05 Å². The van der Waals surface area contributed by atoms with Crippen LogP contribution in [0.15, 0.2) is 24.8 Å². The summed E-state index contributed by atoms with van der Waals surface area (Å²) in [5, 5.41) is 0. The molecular formula is C13H13NO4. The topological polar surface area (TPSA) is 55.8 Å². The maximum absolute atomic E-state index is 11.5. The minimum atomic E-state index is -0.499. The molecule has 0 radical (unpaired) electrons. The van der Waals surface area contributed by atoms with Gasteiger partial charge in [-0.05, 0) is 17.7 Å². The van der Waals surface area contributed by atoms with Crippen molar-refractivity contribution in [2.24, 2.45) is 0 Å². The third kappa shape index (κ3) is 1.95. The Labute approximate surface area is 105 Å². The highest BCUT2D eigenvalue weighted by atomic mass is 16.5. The Bertz CT molecular complexity index is 536. The van der Waals surface area contributed by atoms with Crippen LogP contribution in [0.4, 0.5) is 5.69 Å². The van der Waals surface area contributed by atoms with E-state index in [2.05, 4.69) is 11.3 Å². The van der Waals surface area contributed by atoms with E-state index >= 15 is 0 Å². The van der Waals surface area contributed by atoms with Crippen molar-refractivity contribution in [1.82, 2.24) is 0 Å². The van der Waals surface area contributed by atoms with Crippen LogP contribution in [-0.4, -0.2) is 32.6 Å². The highest BCUT2D eigenvalue weighted by Crippen LogP contribution is 2.33. The number of ether oxygens (including phenoxy) is 2. The molecule has 1 aromatic rings. The molecular weight excluding hydrogens is 234 g/mol. The first-order valence-electron chi connectivity index (χ1n) is 5.35. The number of likely N-dealkylation sites (N-methyl/N-ethyl adjacent to an activating group) is 1. The van der Waals surface area contributed by atoms with Gasteiger partial charge in [0.2, 0.25) is 0 Å². The minimum absolute atomic E-state index is 0.0286. The minimum Gasteiger partial charge on any atom is -0.482 e. The maximum Gasteiger partial charge on any atom is 0.337 e. The highest BCUT2D eigenvalue weighted by Gasteiger charge is 2.23.